The average Bonchev–Trinajstić information content (AvgIpc) is 2.78. The topological polar surface area (TPSA) is 56.7 Å². The normalized spacial score (nSPS) is 14.6. The number of aliphatic imine (C=N–C) groups is 1. The first kappa shape index (κ1) is 20.8. The van der Waals surface area contributed by atoms with E-state index >= 15 is 0 Å². The summed E-state index contributed by atoms with van der Waals surface area (Å²) in [5.41, 5.74) is 2.91. The highest BCUT2D eigenvalue weighted by Gasteiger charge is 2.17. The molecule has 0 saturated carbocycles. The van der Waals surface area contributed by atoms with E-state index in [0.717, 1.165) is 49.0 Å². The Kier molecular flexibility index (Phi) is 7.61. The Balaban J connectivity index is 1.44. The van der Waals surface area contributed by atoms with Crippen molar-refractivity contribution in [1.29, 1.82) is 0 Å². The molecular weight excluding hydrogens is 367 g/mol. The van der Waals surface area contributed by atoms with Crippen LogP contribution in [0.3, 0.4) is 0 Å². The summed E-state index contributed by atoms with van der Waals surface area (Å²) in [7, 11) is 1.73. The van der Waals surface area contributed by atoms with Crippen molar-refractivity contribution in [2.45, 2.75) is 32.2 Å². The summed E-state index contributed by atoms with van der Waals surface area (Å²) in [5.74, 6) is 0.617. The molecule has 5 nitrogen and oxygen atoms in total. The highest BCUT2D eigenvalue weighted by Crippen LogP contribution is 2.14. The highest BCUT2D eigenvalue weighted by molar-refractivity contribution is 5.94. The Bertz CT molecular complexity index is 812. The summed E-state index contributed by atoms with van der Waals surface area (Å²) in [6.07, 6.45) is 4.20. The number of likely N-dealkylation sites (tertiary alicyclic amines) is 1. The molecule has 1 saturated heterocycles. The molecule has 154 valence electrons. The van der Waals surface area contributed by atoms with Crippen LogP contribution in [0.5, 0.6) is 0 Å². The van der Waals surface area contributed by atoms with E-state index < -0.39 is 0 Å². The largest absolute Gasteiger partial charge is 0.356 e. The first-order chi connectivity index (χ1) is 14.2. The molecule has 1 heterocycles. The molecule has 0 spiro atoms. The zero-order valence-corrected chi connectivity index (χ0v) is 17.0. The lowest BCUT2D eigenvalue weighted by molar-refractivity contribution is 0.0724. The minimum absolute atomic E-state index is 0.127. The van der Waals surface area contributed by atoms with E-state index in [1.54, 1.807) is 19.2 Å². The van der Waals surface area contributed by atoms with Gasteiger partial charge in [0.1, 0.15) is 5.82 Å². The van der Waals surface area contributed by atoms with Crippen LogP contribution in [0.25, 0.3) is 0 Å². The Labute approximate surface area is 172 Å². The van der Waals surface area contributed by atoms with Gasteiger partial charge in [0.25, 0.3) is 5.91 Å². The molecule has 0 unspecified atom stereocenters. The van der Waals surface area contributed by atoms with E-state index in [2.05, 4.69) is 15.6 Å². The molecule has 1 aliphatic heterocycles. The zero-order chi connectivity index (χ0) is 20.5. The first-order valence-electron chi connectivity index (χ1n) is 10.2. The van der Waals surface area contributed by atoms with Crippen LogP contribution in [0.15, 0.2) is 53.5 Å². The van der Waals surface area contributed by atoms with E-state index in [1.165, 1.54) is 18.6 Å². The van der Waals surface area contributed by atoms with Crippen LogP contribution in [0, 0.1) is 5.82 Å². The maximum absolute atomic E-state index is 13.0. The quantitative estimate of drug-likeness (QED) is 0.582. The van der Waals surface area contributed by atoms with Crippen LogP contribution < -0.4 is 10.6 Å². The number of benzene rings is 2. The summed E-state index contributed by atoms with van der Waals surface area (Å²) >= 11 is 0. The Morgan fingerprint density at radius 1 is 0.966 bits per heavy atom. The van der Waals surface area contributed by atoms with E-state index in [9.17, 15) is 9.18 Å². The van der Waals surface area contributed by atoms with Gasteiger partial charge in [-0.3, -0.25) is 9.79 Å². The second-order valence-electron chi connectivity index (χ2n) is 7.28. The number of rotatable bonds is 6. The minimum atomic E-state index is -0.220. The fourth-order valence-corrected chi connectivity index (χ4v) is 3.43. The highest BCUT2D eigenvalue weighted by atomic mass is 19.1. The molecule has 3 rings (SSSR count). The van der Waals surface area contributed by atoms with Gasteiger partial charge in [-0.1, -0.05) is 24.3 Å². The van der Waals surface area contributed by atoms with Crippen LogP contribution in [0.2, 0.25) is 0 Å². The van der Waals surface area contributed by atoms with Gasteiger partial charge in [0, 0.05) is 38.8 Å². The molecule has 0 bridgehead atoms. The van der Waals surface area contributed by atoms with Crippen LogP contribution in [-0.4, -0.2) is 43.4 Å². The number of amides is 1. The Morgan fingerprint density at radius 3 is 2.28 bits per heavy atom. The Hall–Kier alpha value is -2.89. The molecule has 0 aromatic heterocycles. The second-order valence-corrected chi connectivity index (χ2v) is 7.28. The SMILES string of the molecule is CN=C(NCCc1ccc(F)cc1)NCc1ccc(C(=O)N2CCCCC2)cc1. The lowest BCUT2D eigenvalue weighted by atomic mass is 10.1. The lowest BCUT2D eigenvalue weighted by Gasteiger charge is -2.26. The van der Waals surface area contributed by atoms with Crippen LogP contribution in [-0.2, 0) is 13.0 Å². The smallest absolute Gasteiger partial charge is 0.253 e. The van der Waals surface area contributed by atoms with Crippen molar-refractivity contribution >= 4 is 11.9 Å². The fourth-order valence-electron chi connectivity index (χ4n) is 3.43. The lowest BCUT2D eigenvalue weighted by Crippen LogP contribution is -2.38. The summed E-state index contributed by atoms with van der Waals surface area (Å²) in [4.78, 5) is 18.7. The van der Waals surface area contributed by atoms with E-state index in [4.69, 9.17) is 0 Å². The molecular formula is C23H29FN4O. The standard InChI is InChI=1S/C23H29FN4O/c1-25-23(26-14-13-18-7-11-21(24)12-8-18)27-17-19-5-9-20(10-6-19)22(29)28-15-3-2-4-16-28/h5-12H,2-4,13-17H2,1H3,(H2,25,26,27). The van der Waals surface area contributed by atoms with E-state index in [1.807, 2.05) is 29.2 Å². The Morgan fingerprint density at radius 2 is 1.62 bits per heavy atom. The third-order valence-corrected chi connectivity index (χ3v) is 5.15. The molecule has 2 aromatic rings. The number of carbonyl (C=O) groups excluding carboxylic acids is 1. The maximum Gasteiger partial charge on any atom is 0.253 e. The number of nitrogens with zero attached hydrogens (tertiary/aromatic N) is 2. The monoisotopic (exact) mass is 396 g/mol. The fraction of sp³-hybridized carbons (Fsp3) is 0.391. The van der Waals surface area contributed by atoms with Crippen molar-refractivity contribution < 1.29 is 9.18 Å². The van der Waals surface area contributed by atoms with Gasteiger partial charge in [-0.2, -0.15) is 0 Å². The van der Waals surface area contributed by atoms with Gasteiger partial charge in [-0.15, -0.1) is 0 Å². The number of halogens is 1. The van der Waals surface area contributed by atoms with Crippen LogP contribution in [0.1, 0.15) is 40.7 Å². The second kappa shape index (κ2) is 10.6. The van der Waals surface area contributed by atoms with Gasteiger partial charge in [0.15, 0.2) is 5.96 Å². The van der Waals surface area contributed by atoms with Crippen molar-refractivity contribution in [3.05, 3.63) is 71.0 Å². The molecule has 0 radical (unpaired) electrons. The predicted octanol–water partition coefficient (Wildman–Crippen LogP) is 3.36. The summed E-state index contributed by atoms with van der Waals surface area (Å²) in [6.45, 7) is 3.05. The van der Waals surface area contributed by atoms with Gasteiger partial charge < -0.3 is 15.5 Å². The average molecular weight is 397 g/mol. The predicted molar refractivity (Wildman–Crippen MR) is 115 cm³/mol. The number of guanidine groups is 1. The van der Waals surface area contributed by atoms with Crippen molar-refractivity contribution in [3.8, 4) is 0 Å². The minimum Gasteiger partial charge on any atom is -0.356 e. The van der Waals surface area contributed by atoms with Gasteiger partial charge in [-0.25, -0.2) is 4.39 Å². The van der Waals surface area contributed by atoms with Crippen LogP contribution in [0.4, 0.5) is 4.39 Å². The molecule has 1 fully saturated rings. The molecule has 6 heteroatoms. The summed E-state index contributed by atoms with van der Waals surface area (Å²) < 4.78 is 13.0. The summed E-state index contributed by atoms with van der Waals surface area (Å²) in [6, 6.07) is 14.3. The third kappa shape index (κ3) is 6.31. The first-order valence-corrected chi connectivity index (χ1v) is 10.2. The number of nitrogens with one attached hydrogen (secondary N) is 2. The summed E-state index contributed by atoms with van der Waals surface area (Å²) in [5, 5.41) is 6.54. The zero-order valence-electron chi connectivity index (χ0n) is 17.0. The van der Waals surface area contributed by atoms with Crippen molar-refractivity contribution in [3.63, 3.8) is 0 Å². The molecule has 29 heavy (non-hydrogen) atoms. The van der Waals surface area contributed by atoms with Crippen molar-refractivity contribution in [2.75, 3.05) is 26.7 Å². The molecule has 1 amide bonds. The van der Waals surface area contributed by atoms with Gasteiger partial charge in [-0.05, 0) is 61.1 Å². The van der Waals surface area contributed by atoms with Gasteiger partial charge in [0.05, 0.1) is 0 Å². The third-order valence-electron chi connectivity index (χ3n) is 5.15. The molecule has 2 N–H and O–H groups in total. The number of hydrogen-bond acceptors (Lipinski definition) is 2. The molecule has 0 aliphatic carbocycles. The van der Waals surface area contributed by atoms with Crippen molar-refractivity contribution in [1.82, 2.24) is 15.5 Å². The molecule has 2 aromatic carbocycles. The van der Waals surface area contributed by atoms with Gasteiger partial charge >= 0.3 is 0 Å². The van der Waals surface area contributed by atoms with Gasteiger partial charge in [0.2, 0.25) is 0 Å². The number of carbonyl (C=O) groups is 1. The molecule has 1 aliphatic rings. The number of piperidine rings is 1. The van der Waals surface area contributed by atoms with E-state index in [-0.39, 0.29) is 11.7 Å². The van der Waals surface area contributed by atoms with Crippen molar-refractivity contribution in [2.24, 2.45) is 4.99 Å². The number of hydrogen-bond donors (Lipinski definition) is 2. The maximum atomic E-state index is 13.0. The molecule has 0 atom stereocenters. The van der Waals surface area contributed by atoms with Crippen LogP contribution >= 0.6 is 0 Å². The van der Waals surface area contributed by atoms with E-state index in [0.29, 0.717) is 19.0 Å².